The highest BCUT2D eigenvalue weighted by molar-refractivity contribution is 5.19. The van der Waals surface area contributed by atoms with Crippen LogP contribution in [0.2, 0.25) is 0 Å². The zero-order chi connectivity index (χ0) is 9.14. The van der Waals surface area contributed by atoms with Crippen LogP contribution in [0.15, 0.2) is 24.3 Å². The molecule has 0 saturated heterocycles. The van der Waals surface area contributed by atoms with Gasteiger partial charge in [0.1, 0.15) is 5.82 Å². The molecule has 1 nitrogen and oxygen atoms in total. The number of hydrogen-bond acceptors (Lipinski definition) is 1. The molecular weight excluding hydrogens is 167 g/mol. The first kappa shape index (κ1) is 9.06. The van der Waals surface area contributed by atoms with Crippen molar-refractivity contribution in [3.8, 4) is 0 Å². The highest BCUT2D eigenvalue weighted by Gasteiger charge is 2.16. The van der Waals surface area contributed by atoms with Gasteiger partial charge in [0.25, 0.3) is 6.43 Å². The lowest BCUT2D eigenvalue weighted by Crippen LogP contribution is -2.18. The molecule has 0 heterocycles. The molecule has 0 aromatic heterocycles. The van der Waals surface area contributed by atoms with Gasteiger partial charge in [-0.25, -0.2) is 13.2 Å². The summed E-state index contributed by atoms with van der Waals surface area (Å²) in [5, 5.41) is 0. The lowest BCUT2D eigenvalue weighted by Gasteiger charge is -2.09. The number of nitrogens with two attached hydrogens (primary N) is 1. The Morgan fingerprint density at radius 2 is 1.58 bits per heavy atom. The van der Waals surface area contributed by atoms with Crippen molar-refractivity contribution in [2.24, 2.45) is 5.73 Å². The normalized spacial score (nSPS) is 13.4. The van der Waals surface area contributed by atoms with Gasteiger partial charge in [0.2, 0.25) is 0 Å². The van der Waals surface area contributed by atoms with Crippen molar-refractivity contribution in [2.45, 2.75) is 12.5 Å². The summed E-state index contributed by atoms with van der Waals surface area (Å²) in [4.78, 5) is 0. The van der Waals surface area contributed by atoms with Crippen molar-refractivity contribution in [3.05, 3.63) is 35.6 Å². The van der Waals surface area contributed by atoms with Gasteiger partial charge in [0, 0.05) is 0 Å². The van der Waals surface area contributed by atoms with Crippen molar-refractivity contribution in [3.63, 3.8) is 0 Å². The fourth-order valence-electron chi connectivity index (χ4n) is 0.830. The van der Waals surface area contributed by atoms with E-state index >= 15 is 0 Å². The standard InChI is InChI=1S/C8H8F3N/c9-6-3-1-5(2-4-6)7(12)8(10)11/h1-4,7-8H,12H2/t7-/m1/s1. The van der Waals surface area contributed by atoms with Gasteiger partial charge in [-0.1, -0.05) is 12.1 Å². The van der Waals surface area contributed by atoms with E-state index in [1.807, 2.05) is 0 Å². The summed E-state index contributed by atoms with van der Waals surface area (Å²) in [5.74, 6) is -0.458. The minimum Gasteiger partial charge on any atom is -0.319 e. The molecule has 1 rings (SSSR count). The minimum atomic E-state index is -2.62. The summed E-state index contributed by atoms with van der Waals surface area (Å²) in [6.07, 6.45) is -2.62. The molecule has 4 heteroatoms. The fourth-order valence-corrected chi connectivity index (χ4v) is 0.830. The molecule has 1 aromatic rings. The molecule has 0 radical (unpaired) electrons. The van der Waals surface area contributed by atoms with Crippen LogP contribution in [0.25, 0.3) is 0 Å². The highest BCUT2D eigenvalue weighted by atomic mass is 19.3. The molecule has 0 fully saturated rings. The predicted octanol–water partition coefficient (Wildman–Crippen LogP) is 2.09. The van der Waals surface area contributed by atoms with Gasteiger partial charge in [-0.3, -0.25) is 0 Å². The second-order valence-corrected chi connectivity index (χ2v) is 2.41. The SMILES string of the molecule is N[C@H](c1ccc(F)cc1)C(F)F. The molecule has 0 saturated carbocycles. The van der Waals surface area contributed by atoms with Gasteiger partial charge in [0.05, 0.1) is 6.04 Å². The van der Waals surface area contributed by atoms with Gasteiger partial charge in [-0.2, -0.15) is 0 Å². The van der Waals surface area contributed by atoms with E-state index in [1.165, 1.54) is 12.1 Å². The molecule has 1 atom stereocenters. The molecule has 12 heavy (non-hydrogen) atoms. The number of benzene rings is 1. The quantitative estimate of drug-likeness (QED) is 0.731. The van der Waals surface area contributed by atoms with Crippen LogP contribution in [0, 0.1) is 5.82 Å². The van der Waals surface area contributed by atoms with E-state index in [-0.39, 0.29) is 5.56 Å². The molecule has 0 bridgehead atoms. The Morgan fingerprint density at radius 3 is 2.00 bits per heavy atom. The Balaban J connectivity index is 2.82. The van der Waals surface area contributed by atoms with Gasteiger partial charge in [-0.05, 0) is 17.7 Å². The van der Waals surface area contributed by atoms with E-state index in [4.69, 9.17) is 5.73 Å². The number of rotatable bonds is 2. The molecule has 0 aliphatic heterocycles. The first-order valence-electron chi connectivity index (χ1n) is 3.40. The van der Waals surface area contributed by atoms with Crippen molar-refractivity contribution < 1.29 is 13.2 Å². The summed E-state index contributed by atoms with van der Waals surface area (Å²) in [6.45, 7) is 0. The lowest BCUT2D eigenvalue weighted by molar-refractivity contribution is 0.116. The molecule has 1 aromatic carbocycles. The minimum absolute atomic E-state index is 0.242. The van der Waals surface area contributed by atoms with Crippen LogP contribution < -0.4 is 5.73 Å². The van der Waals surface area contributed by atoms with Crippen LogP contribution in [-0.2, 0) is 0 Å². The Bertz CT molecular complexity index is 245. The predicted molar refractivity (Wildman–Crippen MR) is 39.3 cm³/mol. The van der Waals surface area contributed by atoms with Gasteiger partial charge in [-0.15, -0.1) is 0 Å². The summed E-state index contributed by atoms with van der Waals surface area (Å²) in [7, 11) is 0. The highest BCUT2D eigenvalue weighted by Crippen LogP contribution is 2.17. The third kappa shape index (κ3) is 1.98. The first-order chi connectivity index (χ1) is 5.61. The van der Waals surface area contributed by atoms with Crippen LogP contribution in [-0.4, -0.2) is 6.43 Å². The largest absolute Gasteiger partial charge is 0.319 e. The topological polar surface area (TPSA) is 26.0 Å². The summed E-state index contributed by atoms with van der Waals surface area (Å²) >= 11 is 0. The molecule has 0 aliphatic rings. The molecular formula is C8H8F3N. The average molecular weight is 175 g/mol. The molecule has 0 spiro atoms. The van der Waals surface area contributed by atoms with Gasteiger partial charge >= 0.3 is 0 Å². The lowest BCUT2D eigenvalue weighted by atomic mass is 10.1. The van der Waals surface area contributed by atoms with E-state index in [0.717, 1.165) is 12.1 Å². The Labute approximate surface area is 68.0 Å². The third-order valence-corrected chi connectivity index (χ3v) is 1.53. The van der Waals surface area contributed by atoms with Crippen LogP contribution in [0.5, 0.6) is 0 Å². The summed E-state index contributed by atoms with van der Waals surface area (Å²) in [5.41, 5.74) is 5.36. The summed E-state index contributed by atoms with van der Waals surface area (Å²) in [6, 6.07) is 3.40. The fraction of sp³-hybridized carbons (Fsp3) is 0.250. The Kier molecular flexibility index (Phi) is 2.70. The second-order valence-electron chi connectivity index (χ2n) is 2.41. The van der Waals surface area contributed by atoms with E-state index < -0.39 is 18.3 Å². The first-order valence-corrected chi connectivity index (χ1v) is 3.40. The number of hydrogen-bond donors (Lipinski definition) is 1. The van der Waals surface area contributed by atoms with Crippen LogP contribution in [0.4, 0.5) is 13.2 Å². The molecule has 66 valence electrons. The van der Waals surface area contributed by atoms with Crippen molar-refractivity contribution in [1.29, 1.82) is 0 Å². The van der Waals surface area contributed by atoms with E-state index in [9.17, 15) is 13.2 Å². The third-order valence-electron chi connectivity index (χ3n) is 1.53. The van der Waals surface area contributed by atoms with Crippen molar-refractivity contribution in [2.75, 3.05) is 0 Å². The number of alkyl halides is 2. The Morgan fingerprint density at radius 1 is 1.08 bits per heavy atom. The van der Waals surface area contributed by atoms with Crippen LogP contribution in [0.1, 0.15) is 11.6 Å². The zero-order valence-electron chi connectivity index (χ0n) is 6.18. The number of halogens is 3. The molecule has 0 aliphatic carbocycles. The zero-order valence-corrected chi connectivity index (χ0v) is 6.18. The van der Waals surface area contributed by atoms with E-state index in [1.54, 1.807) is 0 Å². The smallest absolute Gasteiger partial charge is 0.257 e. The molecule has 0 unspecified atom stereocenters. The average Bonchev–Trinajstić information content (AvgIpc) is 2.04. The maximum Gasteiger partial charge on any atom is 0.257 e. The van der Waals surface area contributed by atoms with Crippen molar-refractivity contribution in [1.82, 2.24) is 0 Å². The maximum absolute atomic E-state index is 12.3. The van der Waals surface area contributed by atoms with Crippen LogP contribution in [0.3, 0.4) is 0 Å². The Hall–Kier alpha value is -1.03. The molecule has 0 amide bonds. The van der Waals surface area contributed by atoms with Crippen LogP contribution >= 0.6 is 0 Å². The monoisotopic (exact) mass is 175 g/mol. The van der Waals surface area contributed by atoms with Gasteiger partial charge < -0.3 is 5.73 Å². The van der Waals surface area contributed by atoms with Gasteiger partial charge in [0.15, 0.2) is 0 Å². The van der Waals surface area contributed by atoms with E-state index in [2.05, 4.69) is 0 Å². The summed E-state index contributed by atoms with van der Waals surface area (Å²) < 4.78 is 36.3. The van der Waals surface area contributed by atoms with Crippen molar-refractivity contribution >= 4 is 0 Å². The van der Waals surface area contributed by atoms with E-state index in [0.29, 0.717) is 0 Å². The maximum atomic E-state index is 12.3. The molecule has 2 N–H and O–H groups in total. The second kappa shape index (κ2) is 3.58.